The third-order valence-electron chi connectivity index (χ3n) is 6.39. The van der Waals surface area contributed by atoms with Crippen molar-refractivity contribution in [1.82, 2.24) is 19.7 Å². The van der Waals surface area contributed by atoms with Crippen LogP contribution in [0.15, 0.2) is 12.1 Å². The van der Waals surface area contributed by atoms with Crippen molar-refractivity contribution >= 4 is 17.6 Å². The van der Waals surface area contributed by atoms with Gasteiger partial charge in [0, 0.05) is 51.3 Å². The van der Waals surface area contributed by atoms with Crippen LogP contribution in [0, 0.1) is 0 Å². The van der Waals surface area contributed by atoms with Gasteiger partial charge in [-0.1, -0.05) is 0 Å². The molecule has 2 N–H and O–H groups in total. The Labute approximate surface area is 174 Å². The standard InChI is InChI=1S/C22H35N5O2/c1-16(26-12-4-5-13-26)6-9-20(28)27-14-10-17(11-15-27)19-8-7-18(21(23)24-19)22(29)25(2)3/h7-8,16-17H,4-6,9-15H2,1-3H3,(H2,23,24). The minimum Gasteiger partial charge on any atom is -0.383 e. The van der Waals surface area contributed by atoms with Crippen LogP contribution in [0.3, 0.4) is 0 Å². The highest BCUT2D eigenvalue weighted by Crippen LogP contribution is 2.28. The number of anilines is 1. The third-order valence-corrected chi connectivity index (χ3v) is 6.39. The molecular weight excluding hydrogens is 366 g/mol. The van der Waals surface area contributed by atoms with Crippen molar-refractivity contribution in [2.75, 3.05) is 46.0 Å². The number of amides is 2. The molecule has 3 rings (SSSR count). The number of nitrogens with two attached hydrogens (primary N) is 1. The first-order chi connectivity index (χ1) is 13.9. The lowest BCUT2D eigenvalue weighted by molar-refractivity contribution is -0.132. The van der Waals surface area contributed by atoms with Gasteiger partial charge >= 0.3 is 0 Å². The van der Waals surface area contributed by atoms with Gasteiger partial charge in [0.2, 0.25) is 5.91 Å². The van der Waals surface area contributed by atoms with Crippen LogP contribution in [0.5, 0.6) is 0 Å². The average Bonchev–Trinajstić information content (AvgIpc) is 3.26. The van der Waals surface area contributed by atoms with E-state index in [1.807, 2.05) is 11.0 Å². The molecule has 7 heteroatoms. The van der Waals surface area contributed by atoms with E-state index in [2.05, 4.69) is 16.8 Å². The second kappa shape index (κ2) is 9.57. The molecule has 2 aliphatic heterocycles. The van der Waals surface area contributed by atoms with Gasteiger partial charge < -0.3 is 20.4 Å². The number of carbonyl (C=O) groups excluding carboxylic acids is 2. The number of piperidine rings is 1. The molecule has 1 aromatic heterocycles. The van der Waals surface area contributed by atoms with Gasteiger partial charge in [0.05, 0.1) is 5.56 Å². The first kappa shape index (κ1) is 21.6. The van der Waals surface area contributed by atoms with Crippen LogP contribution < -0.4 is 5.73 Å². The highest BCUT2D eigenvalue weighted by atomic mass is 16.2. The second-order valence-electron chi connectivity index (χ2n) is 8.65. The van der Waals surface area contributed by atoms with Crippen molar-refractivity contribution in [2.24, 2.45) is 0 Å². The van der Waals surface area contributed by atoms with Crippen molar-refractivity contribution in [3.05, 3.63) is 23.4 Å². The van der Waals surface area contributed by atoms with Gasteiger partial charge in [-0.25, -0.2) is 4.98 Å². The van der Waals surface area contributed by atoms with E-state index in [-0.39, 0.29) is 23.6 Å². The summed E-state index contributed by atoms with van der Waals surface area (Å²) in [5.74, 6) is 0.711. The molecule has 7 nitrogen and oxygen atoms in total. The minimum atomic E-state index is -0.134. The molecule has 0 saturated carbocycles. The smallest absolute Gasteiger partial charge is 0.257 e. The molecule has 2 fully saturated rings. The van der Waals surface area contributed by atoms with E-state index in [1.165, 1.54) is 30.8 Å². The highest BCUT2D eigenvalue weighted by Gasteiger charge is 2.26. The largest absolute Gasteiger partial charge is 0.383 e. The summed E-state index contributed by atoms with van der Waals surface area (Å²) in [6, 6.07) is 4.18. The summed E-state index contributed by atoms with van der Waals surface area (Å²) < 4.78 is 0. The number of aromatic nitrogens is 1. The zero-order chi connectivity index (χ0) is 21.0. The summed E-state index contributed by atoms with van der Waals surface area (Å²) in [4.78, 5) is 35.2. The topological polar surface area (TPSA) is 82.8 Å². The van der Waals surface area contributed by atoms with E-state index in [4.69, 9.17) is 5.73 Å². The summed E-state index contributed by atoms with van der Waals surface area (Å²) in [5.41, 5.74) is 7.40. The Morgan fingerprint density at radius 1 is 1.17 bits per heavy atom. The number of hydrogen-bond donors (Lipinski definition) is 1. The predicted octanol–water partition coefficient (Wildman–Crippen LogP) is 2.34. The Balaban J connectivity index is 1.49. The summed E-state index contributed by atoms with van der Waals surface area (Å²) in [6.07, 6.45) is 5.93. The van der Waals surface area contributed by atoms with Crippen molar-refractivity contribution in [3.8, 4) is 0 Å². The summed E-state index contributed by atoms with van der Waals surface area (Å²) in [5, 5.41) is 0. The maximum Gasteiger partial charge on any atom is 0.257 e. The number of nitrogens with zero attached hydrogens (tertiary/aromatic N) is 4. The molecule has 160 valence electrons. The number of carbonyl (C=O) groups is 2. The first-order valence-corrected chi connectivity index (χ1v) is 10.9. The summed E-state index contributed by atoms with van der Waals surface area (Å²) in [6.45, 7) is 6.13. The van der Waals surface area contributed by atoms with Gasteiger partial charge in [0.25, 0.3) is 5.91 Å². The lowest BCUT2D eigenvalue weighted by Gasteiger charge is -2.32. The van der Waals surface area contributed by atoms with E-state index < -0.39 is 0 Å². The van der Waals surface area contributed by atoms with Crippen LogP contribution in [0.2, 0.25) is 0 Å². The molecular formula is C22H35N5O2. The van der Waals surface area contributed by atoms with Crippen LogP contribution in [0.1, 0.15) is 67.4 Å². The molecule has 0 aromatic carbocycles. The fraction of sp³-hybridized carbons (Fsp3) is 0.682. The quantitative estimate of drug-likeness (QED) is 0.791. The summed E-state index contributed by atoms with van der Waals surface area (Å²) >= 11 is 0. The Morgan fingerprint density at radius 2 is 1.83 bits per heavy atom. The molecule has 0 bridgehead atoms. The Morgan fingerprint density at radius 3 is 2.41 bits per heavy atom. The number of pyridine rings is 1. The minimum absolute atomic E-state index is 0.134. The number of nitrogen functional groups attached to an aromatic ring is 1. The number of likely N-dealkylation sites (tertiary alicyclic amines) is 2. The second-order valence-corrected chi connectivity index (χ2v) is 8.65. The number of hydrogen-bond acceptors (Lipinski definition) is 5. The normalized spacial score (nSPS) is 19.3. The molecule has 2 amide bonds. The van der Waals surface area contributed by atoms with Crippen LogP contribution in [0.25, 0.3) is 0 Å². The predicted molar refractivity (Wildman–Crippen MR) is 115 cm³/mol. The van der Waals surface area contributed by atoms with Crippen molar-refractivity contribution < 1.29 is 9.59 Å². The van der Waals surface area contributed by atoms with E-state index in [1.54, 1.807) is 20.2 Å². The van der Waals surface area contributed by atoms with E-state index in [0.717, 1.165) is 38.0 Å². The molecule has 0 spiro atoms. The zero-order valence-electron chi connectivity index (χ0n) is 18.1. The molecule has 3 heterocycles. The lowest BCUT2D eigenvalue weighted by atomic mass is 9.92. The molecule has 1 unspecified atom stereocenters. The van der Waals surface area contributed by atoms with E-state index in [0.29, 0.717) is 18.0 Å². The molecule has 2 saturated heterocycles. The first-order valence-electron chi connectivity index (χ1n) is 10.9. The van der Waals surface area contributed by atoms with Crippen LogP contribution in [-0.2, 0) is 4.79 Å². The van der Waals surface area contributed by atoms with Crippen LogP contribution >= 0.6 is 0 Å². The fourth-order valence-electron chi connectivity index (χ4n) is 4.42. The van der Waals surface area contributed by atoms with E-state index >= 15 is 0 Å². The van der Waals surface area contributed by atoms with Gasteiger partial charge in [0.1, 0.15) is 5.82 Å². The SMILES string of the molecule is CC(CCC(=O)N1CCC(c2ccc(C(=O)N(C)C)c(N)n2)CC1)N1CCCC1. The molecule has 0 radical (unpaired) electrons. The van der Waals surface area contributed by atoms with Crippen LogP contribution in [-0.4, -0.2) is 77.8 Å². The summed E-state index contributed by atoms with van der Waals surface area (Å²) in [7, 11) is 3.41. The Kier molecular flexibility index (Phi) is 7.11. The van der Waals surface area contributed by atoms with E-state index in [9.17, 15) is 9.59 Å². The average molecular weight is 402 g/mol. The molecule has 2 aliphatic rings. The molecule has 0 aliphatic carbocycles. The zero-order valence-corrected chi connectivity index (χ0v) is 18.1. The highest BCUT2D eigenvalue weighted by molar-refractivity contribution is 5.98. The molecule has 29 heavy (non-hydrogen) atoms. The lowest BCUT2D eigenvalue weighted by Crippen LogP contribution is -2.39. The van der Waals surface area contributed by atoms with Gasteiger partial charge in [-0.15, -0.1) is 0 Å². The Hall–Kier alpha value is -2.15. The van der Waals surface area contributed by atoms with Gasteiger partial charge in [-0.3, -0.25) is 9.59 Å². The number of rotatable bonds is 6. The maximum absolute atomic E-state index is 12.6. The van der Waals surface area contributed by atoms with Crippen LogP contribution in [0.4, 0.5) is 5.82 Å². The fourth-order valence-corrected chi connectivity index (χ4v) is 4.42. The Bertz CT molecular complexity index is 722. The van der Waals surface area contributed by atoms with Crippen molar-refractivity contribution in [2.45, 2.75) is 57.4 Å². The van der Waals surface area contributed by atoms with Gasteiger partial charge in [0.15, 0.2) is 0 Å². The van der Waals surface area contributed by atoms with Crippen molar-refractivity contribution in [1.29, 1.82) is 0 Å². The molecule has 1 atom stereocenters. The van der Waals surface area contributed by atoms with Gasteiger partial charge in [-0.2, -0.15) is 0 Å². The van der Waals surface area contributed by atoms with Crippen molar-refractivity contribution in [3.63, 3.8) is 0 Å². The molecule has 1 aromatic rings. The third kappa shape index (κ3) is 5.26. The van der Waals surface area contributed by atoms with Gasteiger partial charge in [-0.05, 0) is 64.3 Å². The monoisotopic (exact) mass is 401 g/mol. The maximum atomic E-state index is 12.6.